The maximum Gasteiger partial charge on any atom is 0.322 e. The lowest BCUT2D eigenvalue weighted by molar-refractivity contribution is -0.135. The number of nitrogens with one attached hydrogen (secondary N) is 4. The number of hydrogen-bond donors (Lipinski definition) is 4. The second kappa shape index (κ2) is 13.3. The first-order chi connectivity index (χ1) is 22.4. The molecule has 2 atom stereocenters. The summed E-state index contributed by atoms with van der Waals surface area (Å²) in [5.74, 6) is -0.0342. The van der Waals surface area contributed by atoms with Gasteiger partial charge < -0.3 is 30.7 Å². The molecule has 244 valence electrons. The van der Waals surface area contributed by atoms with Gasteiger partial charge in [0.25, 0.3) is 0 Å². The average molecular weight is 628 g/mol. The second-order valence-corrected chi connectivity index (χ2v) is 13.2. The lowest BCUT2D eigenvalue weighted by atomic mass is 9.99. The van der Waals surface area contributed by atoms with E-state index in [-0.39, 0.29) is 24.0 Å². The number of aromatic amines is 1. The van der Waals surface area contributed by atoms with Gasteiger partial charge in [-0.1, -0.05) is 24.3 Å². The van der Waals surface area contributed by atoms with E-state index in [9.17, 15) is 14.4 Å². The molecule has 4 aliphatic rings. The van der Waals surface area contributed by atoms with Crippen LogP contribution in [0.15, 0.2) is 42.6 Å². The minimum Gasteiger partial charge on any atom is -0.338 e. The van der Waals surface area contributed by atoms with Gasteiger partial charge in [0.1, 0.15) is 6.04 Å². The Bertz CT molecular complexity index is 1570. The van der Waals surface area contributed by atoms with E-state index in [1.54, 1.807) is 11.1 Å². The number of likely N-dealkylation sites (tertiary alicyclic amines) is 1. The van der Waals surface area contributed by atoms with E-state index >= 15 is 0 Å². The van der Waals surface area contributed by atoms with E-state index in [0.29, 0.717) is 58.2 Å². The molecule has 1 aromatic heterocycles. The number of amides is 5. The summed E-state index contributed by atoms with van der Waals surface area (Å²) in [4.78, 5) is 48.7. The lowest BCUT2D eigenvalue weighted by Gasteiger charge is -2.42. The molecule has 5 amide bonds. The van der Waals surface area contributed by atoms with Crippen molar-refractivity contribution in [2.75, 3.05) is 51.1 Å². The number of aromatic nitrogens is 2. The molecule has 2 unspecified atom stereocenters. The van der Waals surface area contributed by atoms with E-state index in [4.69, 9.17) is 0 Å². The fourth-order valence-electron chi connectivity index (χ4n) is 7.62. The third-order valence-corrected chi connectivity index (χ3v) is 10.2. The molecule has 0 spiro atoms. The molecule has 7 rings (SSSR count). The van der Waals surface area contributed by atoms with Crippen LogP contribution >= 0.6 is 0 Å². The van der Waals surface area contributed by atoms with Crippen LogP contribution < -0.4 is 16.0 Å². The Kier molecular flexibility index (Phi) is 8.81. The Hall–Kier alpha value is -4.16. The summed E-state index contributed by atoms with van der Waals surface area (Å²) in [5, 5.41) is 18.0. The molecule has 2 aromatic carbocycles. The molecule has 3 saturated heterocycles. The van der Waals surface area contributed by atoms with Crippen LogP contribution in [-0.4, -0.2) is 112 Å². The zero-order valence-electron chi connectivity index (χ0n) is 26.6. The van der Waals surface area contributed by atoms with Gasteiger partial charge in [-0.25, -0.2) is 9.59 Å². The number of fused-ring (bicyclic) bond motifs is 2. The largest absolute Gasteiger partial charge is 0.338 e. The molecular formula is C34H45N9O3. The molecule has 12 nitrogen and oxygen atoms in total. The van der Waals surface area contributed by atoms with E-state index in [1.807, 2.05) is 41.0 Å². The first kappa shape index (κ1) is 30.5. The predicted molar refractivity (Wildman–Crippen MR) is 176 cm³/mol. The lowest BCUT2D eigenvalue weighted by Crippen LogP contribution is -2.60. The molecule has 0 saturated carbocycles. The maximum atomic E-state index is 14.1. The summed E-state index contributed by atoms with van der Waals surface area (Å²) in [6, 6.07) is 11.1. The van der Waals surface area contributed by atoms with Crippen LogP contribution in [-0.2, 0) is 17.8 Å². The highest BCUT2D eigenvalue weighted by Crippen LogP contribution is 2.28. The Morgan fingerprint density at radius 2 is 1.80 bits per heavy atom. The van der Waals surface area contributed by atoms with Gasteiger partial charge in [-0.3, -0.25) is 14.8 Å². The summed E-state index contributed by atoms with van der Waals surface area (Å²) in [7, 11) is 0. The summed E-state index contributed by atoms with van der Waals surface area (Å²) < 4.78 is 0. The van der Waals surface area contributed by atoms with Gasteiger partial charge >= 0.3 is 12.1 Å². The minimum atomic E-state index is -0.683. The Labute approximate surface area is 269 Å². The normalized spacial score (nSPS) is 22.0. The number of benzene rings is 2. The van der Waals surface area contributed by atoms with Crippen molar-refractivity contribution in [2.45, 2.75) is 70.2 Å². The number of aryl methyl sites for hydroxylation is 1. The van der Waals surface area contributed by atoms with Gasteiger partial charge in [-0.05, 0) is 74.4 Å². The quantitative estimate of drug-likeness (QED) is 0.332. The first-order valence-corrected chi connectivity index (χ1v) is 16.8. The van der Waals surface area contributed by atoms with E-state index in [1.165, 1.54) is 12.8 Å². The highest BCUT2D eigenvalue weighted by atomic mass is 16.2. The van der Waals surface area contributed by atoms with Crippen LogP contribution in [0.4, 0.5) is 15.3 Å². The van der Waals surface area contributed by atoms with Crippen LogP contribution in [0.2, 0.25) is 0 Å². The molecule has 3 aromatic rings. The van der Waals surface area contributed by atoms with E-state index in [0.717, 1.165) is 59.3 Å². The van der Waals surface area contributed by atoms with Gasteiger partial charge in [0.2, 0.25) is 5.91 Å². The number of carbonyl (C=O) groups is 3. The number of urea groups is 2. The van der Waals surface area contributed by atoms with Crippen molar-refractivity contribution in [1.29, 1.82) is 0 Å². The number of anilines is 1. The molecular weight excluding hydrogens is 582 g/mol. The molecule has 4 N–H and O–H groups in total. The number of hydrogen-bond acceptors (Lipinski definition) is 6. The molecule has 4 aliphatic heterocycles. The number of H-pyrrole nitrogens is 1. The number of piperidine rings is 2. The summed E-state index contributed by atoms with van der Waals surface area (Å²) >= 11 is 0. The van der Waals surface area contributed by atoms with Crippen molar-refractivity contribution in [3.63, 3.8) is 0 Å². The number of nitrogens with zero attached hydrogens (tertiary/aromatic N) is 5. The molecule has 0 aliphatic carbocycles. The van der Waals surface area contributed by atoms with Crippen molar-refractivity contribution in [1.82, 2.24) is 40.4 Å². The van der Waals surface area contributed by atoms with Gasteiger partial charge in [0.15, 0.2) is 0 Å². The summed E-state index contributed by atoms with van der Waals surface area (Å²) in [5.41, 5.74) is 5.00. The van der Waals surface area contributed by atoms with Crippen molar-refractivity contribution in [3.05, 3.63) is 59.3 Å². The molecule has 0 radical (unpaired) electrons. The minimum absolute atomic E-state index is 0.0342. The first-order valence-electron chi connectivity index (χ1n) is 16.8. The summed E-state index contributed by atoms with van der Waals surface area (Å²) in [6.07, 6.45) is 7.58. The summed E-state index contributed by atoms with van der Waals surface area (Å²) in [6.45, 7) is 7.65. The monoisotopic (exact) mass is 627 g/mol. The standard InChI is InChI=1S/C34H45N9O3/c1-23-18-24(19-26-21-36-39-31(23)26)20-29(32(44)41-16-14-40(15-17-41)30-8-4-5-11-35-30)38-33(45)42-12-9-27(10-13-42)43-22-25-6-2-3-7-28(25)37-34(43)46/h2-3,6-7,18-19,21,27,29-30,35H,4-5,8-17,20,22H2,1H3,(H,36,39)(H,37,46)(H,38,45). The predicted octanol–water partition coefficient (Wildman–Crippen LogP) is 3.25. The second-order valence-electron chi connectivity index (χ2n) is 13.2. The molecule has 3 fully saturated rings. The van der Waals surface area contributed by atoms with Crippen LogP contribution in [0.1, 0.15) is 48.8 Å². The number of carbonyl (C=O) groups excluding carboxylic acids is 3. The van der Waals surface area contributed by atoms with E-state index in [2.05, 4.69) is 43.2 Å². The highest BCUT2D eigenvalue weighted by molar-refractivity contribution is 5.92. The van der Waals surface area contributed by atoms with Crippen molar-refractivity contribution in [3.8, 4) is 0 Å². The molecule has 0 bridgehead atoms. The number of rotatable bonds is 6. The third-order valence-electron chi connectivity index (χ3n) is 10.2. The van der Waals surface area contributed by atoms with E-state index < -0.39 is 6.04 Å². The Balaban J connectivity index is 1.01. The van der Waals surface area contributed by atoms with Crippen molar-refractivity contribution < 1.29 is 14.4 Å². The number of piperazine rings is 1. The smallest absolute Gasteiger partial charge is 0.322 e. The third kappa shape index (κ3) is 6.41. The SMILES string of the molecule is Cc1cc(CC(NC(=O)N2CCC(N3Cc4ccccc4NC3=O)CC2)C(=O)N2CCN(C3CCCCN3)CC2)cc2cn[nH]c12. The van der Waals surface area contributed by atoms with Crippen LogP contribution in [0.5, 0.6) is 0 Å². The van der Waals surface area contributed by atoms with Crippen LogP contribution in [0.3, 0.4) is 0 Å². The Morgan fingerprint density at radius 3 is 2.59 bits per heavy atom. The van der Waals surface area contributed by atoms with Crippen LogP contribution in [0.25, 0.3) is 10.9 Å². The van der Waals surface area contributed by atoms with Gasteiger partial charge in [-0.2, -0.15) is 5.10 Å². The fraction of sp³-hybridized carbons (Fsp3) is 0.529. The molecule has 5 heterocycles. The molecule has 12 heteroatoms. The zero-order chi connectivity index (χ0) is 31.6. The van der Waals surface area contributed by atoms with Crippen LogP contribution in [0, 0.1) is 6.92 Å². The topological polar surface area (TPSA) is 129 Å². The van der Waals surface area contributed by atoms with Gasteiger partial charge in [0.05, 0.1) is 17.9 Å². The van der Waals surface area contributed by atoms with Crippen molar-refractivity contribution in [2.24, 2.45) is 0 Å². The van der Waals surface area contributed by atoms with Crippen molar-refractivity contribution >= 4 is 34.6 Å². The fourth-order valence-corrected chi connectivity index (χ4v) is 7.62. The van der Waals surface area contributed by atoms with Gasteiger partial charge in [-0.15, -0.1) is 0 Å². The molecule has 46 heavy (non-hydrogen) atoms. The maximum absolute atomic E-state index is 14.1. The number of para-hydroxylation sites is 1. The highest BCUT2D eigenvalue weighted by Gasteiger charge is 2.35. The zero-order valence-corrected chi connectivity index (χ0v) is 26.6. The average Bonchev–Trinajstić information content (AvgIpc) is 3.57. The van der Waals surface area contributed by atoms with Gasteiger partial charge in [0, 0.05) is 69.3 Å². The Morgan fingerprint density at radius 1 is 1.00 bits per heavy atom.